The van der Waals surface area contributed by atoms with Crippen LogP contribution in [-0.4, -0.2) is 0 Å². The highest BCUT2D eigenvalue weighted by molar-refractivity contribution is 6.15. The normalized spacial score (nSPS) is 13.6. The molecule has 2 nitrogen and oxygen atoms in total. The monoisotopic (exact) mass is 624 g/mol. The van der Waals surface area contributed by atoms with Gasteiger partial charge in [0.05, 0.1) is 5.41 Å². The summed E-state index contributed by atoms with van der Waals surface area (Å²) >= 11 is 0. The third kappa shape index (κ3) is 3.61. The summed E-state index contributed by atoms with van der Waals surface area (Å²) < 4.78 is 13.2. The van der Waals surface area contributed by atoms with Crippen LogP contribution in [0, 0.1) is 0 Å². The Kier molecular flexibility index (Phi) is 5.34. The molecule has 11 rings (SSSR count). The van der Waals surface area contributed by atoms with E-state index in [0.29, 0.717) is 0 Å². The molecule has 2 aliphatic rings. The van der Waals surface area contributed by atoms with Gasteiger partial charge in [-0.1, -0.05) is 133 Å². The summed E-state index contributed by atoms with van der Waals surface area (Å²) in [5.41, 5.74) is 13.4. The van der Waals surface area contributed by atoms with Crippen LogP contribution in [0.4, 0.5) is 0 Å². The van der Waals surface area contributed by atoms with Crippen molar-refractivity contribution < 1.29 is 9.15 Å². The van der Waals surface area contributed by atoms with Gasteiger partial charge in [-0.25, -0.2) is 0 Å². The first-order valence-corrected chi connectivity index (χ1v) is 16.8. The molecule has 1 aromatic heterocycles. The zero-order valence-electron chi connectivity index (χ0n) is 26.5. The van der Waals surface area contributed by atoms with Gasteiger partial charge in [-0.3, -0.25) is 0 Å². The van der Waals surface area contributed by atoms with Crippen molar-refractivity contribution in [3.63, 3.8) is 0 Å². The van der Waals surface area contributed by atoms with Gasteiger partial charge in [0.1, 0.15) is 22.7 Å². The predicted octanol–water partition coefficient (Wildman–Crippen LogP) is 12.5. The fraction of sp³-hybridized carbons (Fsp3) is 0.0213. The van der Waals surface area contributed by atoms with Gasteiger partial charge < -0.3 is 9.15 Å². The molecule has 1 aliphatic heterocycles. The van der Waals surface area contributed by atoms with Gasteiger partial charge in [-0.05, 0) is 91.7 Å². The Morgan fingerprint density at radius 1 is 0.367 bits per heavy atom. The summed E-state index contributed by atoms with van der Waals surface area (Å²) in [7, 11) is 0. The van der Waals surface area contributed by atoms with Crippen LogP contribution in [0.3, 0.4) is 0 Å². The van der Waals surface area contributed by atoms with Crippen molar-refractivity contribution in [2.45, 2.75) is 5.41 Å². The Labute approximate surface area is 283 Å². The second kappa shape index (κ2) is 9.82. The molecule has 1 aliphatic carbocycles. The highest BCUT2D eigenvalue weighted by atomic mass is 16.5. The van der Waals surface area contributed by atoms with E-state index in [1.165, 1.54) is 44.2 Å². The molecule has 9 aromatic rings. The number of ether oxygens (including phenoxy) is 1. The fourth-order valence-corrected chi connectivity index (χ4v) is 8.66. The molecule has 1 spiro atoms. The van der Waals surface area contributed by atoms with E-state index < -0.39 is 5.41 Å². The molecule has 0 saturated heterocycles. The standard InChI is InChI=1S/C47H28O2/c1-2-12-31-27-44-37(26-30(31)11-1)46-34(17-10-22-43(46)49-44)33-14-9-13-29(25-33)32-23-24-41-45(28-32)48-42-21-8-7-20-40(42)47(41)38-18-5-3-15-35(38)36-16-4-6-19-39(36)47/h1-28H. The lowest BCUT2D eigenvalue weighted by atomic mass is 9.66. The molecule has 49 heavy (non-hydrogen) atoms. The largest absolute Gasteiger partial charge is 0.457 e. The minimum absolute atomic E-state index is 0.458. The molecule has 8 aromatic carbocycles. The molecular weight excluding hydrogens is 597 g/mol. The number of hydrogen-bond donors (Lipinski definition) is 0. The SMILES string of the molecule is c1cc(-c2ccc3c(c2)Oc2ccccc2C32c3ccccc3-c3ccccc32)cc(-c2cccc3oc4cc5ccccc5cc4c23)c1. The van der Waals surface area contributed by atoms with E-state index in [4.69, 9.17) is 9.15 Å². The van der Waals surface area contributed by atoms with Crippen molar-refractivity contribution in [1.29, 1.82) is 0 Å². The fourth-order valence-electron chi connectivity index (χ4n) is 8.66. The van der Waals surface area contributed by atoms with Crippen molar-refractivity contribution in [3.05, 3.63) is 192 Å². The van der Waals surface area contributed by atoms with E-state index in [9.17, 15) is 0 Å². The summed E-state index contributed by atoms with van der Waals surface area (Å²) in [6.45, 7) is 0. The van der Waals surface area contributed by atoms with Crippen LogP contribution in [0.5, 0.6) is 11.5 Å². The Bertz CT molecular complexity index is 2770. The molecule has 0 unspecified atom stereocenters. The maximum Gasteiger partial charge on any atom is 0.136 e. The molecule has 0 bridgehead atoms. The predicted molar refractivity (Wildman–Crippen MR) is 199 cm³/mol. The van der Waals surface area contributed by atoms with E-state index in [0.717, 1.165) is 55.7 Å². The lowest BCUT2D eigenvalue weighted by molar-refractivity contribution is 0.436. The Morgan fingerprint density at radius 3 is 1.80 bits per heavy atom. The van der Waals surface area contributed by atoms with Crippen LogP contribution in [0.15, 0.2) is 174 Å². The average Bonchev–Trinajstić information content (AvgIpc) is 3.67. The van der Waals surface area contributed by atoms with Gasteiger partial charge in [0.25, 0.3) is 0 Å². The summed E-state index contributed by atoms with van der Waals surface area (Å²) in [4.78, 5) is 0. The first-order chi connectivity index (χ1) is 24.3. The van der Waals surface area contributed by atoms with Crippen LogP contribution in [-0.2, 0) is 5.41 Å². The van der Waals surface area contributed by atoms with E-state index in [-0.39, 0.29) is 0 Å². The number of fused-ring (bicyclic) bond motifs is 13. The summed E-state index contributed by atoms with van der Waals surface area (Å²) in [5, 5.41) is 4.67. The molecule has 0 N–H and O–H groups in total. The summed E-state index contributed by atoms with van der Waals surface area (Å²) in [5.74, 6) is 1.79. The maximum absolute atomic E-state index is 6.79. The van der Waals surface area contributed by atoms with Crippen LogP contribution < -0.4 is 4.74 Å². The van der Waals surface area contributed by atoms with E-state index >= 15 is 0 Å². The zero-order valence-corrected chi connectivity index (χ0v) is 26.5. The van der Waals surface area contributed by atoms with E-state index in [1.807, 2.05) is 0 Å². The Balaban J connectivity index is 1.09. The molecule has 0 atom stereocenters. The van der Waals surface area contributed by atoms with Crippen molar-refractivity contribution in [2.75, 3.05) is 0 Å². The van der Waals surface area contributed by atoms with Gasteiger partial charge in [-0.15, -0.1) is 0 Å². The highest BCUT2D eigenvalue weighted by Crippen LogP contribution is 2.62. The van der Waals surface area contributed by atoms with Crippen molar-refractivity contribution in [1.82, 2.24) is 0 Å². The molecule has 2 heteroatoms. The van der Waals surface area contributed by atoms with Crippen LogP contribution in [0.25, 0.3) is 66.1 Å². The Morgan fingerprint density at radius 2 is 0.980 bits per heavy atom. The van der Waals surface area contributed by atoms with E-state index in [1.54, 1.807) is 0 Å². The average molecular weight is 625 g/mol. The quantitative estimate of drug-likeness (QED) is 0.191. The lowest BCUT2D eigenvalue weighted by Gasteiger charge is -2.39. The summed E-state index contributed by atoms with van der Waals surface area (Å²) in [6.07, 6.45) is 0. The number of para-hydroxylation sites is 1. The molecule has 0 fully saturated rings. The van der Waals surface area contributed by atoms with Gasteiger partial charge in [0, 0.05) is 21.9 Å². The lowest BCUT2D eigenvalue weighted by Crippen LogP contribution is -2.32. The molecule has 0 saturated carbocycles. The zero-order chi connectivity index (χ0) is 32.1. The second-order valence-corrected chi connectivity index (χ2v) is 13.2. The van der Waals surface area contributed by atoms with Crippen molar-refractivity contribution in [3.8, 4) is 44.9 Å². The van der Waals surface area contributed by atoms with E-state index in [2.05, 4.69) is 170 Å². The van der Waals surface area contributed by atoms with Gasteiger partial charge in [0.15, 0.2) is 0 Å². The highest BCUT2D eigenvalue weighted by Gasteiger charge is 2.50. The van der Waals surface area contributed by atoms with Crippen molar-refractivity contribution >= 4 is 32.7 Å². The third-order valence-corrected chi connectivity index (χ3v) is 10.7. The van der Waals surface area contributed by atoms with Gasteiger partial charge in [-0.2, -0.15) is 0 Å². The third-order valence-electron chi connectivity index (χ3n) is 10.7. The number of benzene rings is 8. The smallest absolute Gasteiger partial charge is 0.136 e. The molecular formula is C47H28O2. The first kappa shape index (κ1) is 26.7. The molecule has 0 amide bonds. The number of furan rings is 1. The Hall–Kier alpha value is -6.38. The first-order valence-electron chi connectivity index (χ1n) is 16.8. The van der Waals surface area contributed by atoms with Gasteiger partial charge >= 0.3 is 0 Å². The molecule has 0 radical (unpaired) electrons. The topological polar surface area (TPSA) is 22.4 Å². The molecule has 2 heterocycles. The molecule has 228 valence electrons. The number of hydrogen-bond acceptors (Lipinski definition) is 2. The van der Waals surface area contributed by atoms with Gasteiger partial charge in [0.2, 0.25) is 0 Å². The minimum Gasteiger partial charge on any atom is -0.457 e. The van der Waals surface area contributed by atoms with Crippen molar-refractivity contribution in [2.24, 2.45) is 0 Å². The second-order valence-electron chi connectivity index (χ2n) is 13.2. The van der Waals surface area contributed by atoms with Crippen LogP contribution >= 0.6 is 0 Å². The number of rotatable bonds is 2. The summed E-state index contributed by atoms with van der Waals surface area (Å²) in [6, 6.07) is 61.1. The maximum atomic E-state index is 6.79. The van der Waals surface area contributed by atoms with Crippen LogP contribution in [0.1, 0.15) is 22.3 Å². The minimum atomic E-state index is -0.458. The van der Waals surface area contributed by atoms with Crippen LogP contribution in [0.2, 0.25) is 0 Å².